The zero-order valence-corrected chi connectivity index (χ0v) is 21.6. The fourth-order valence-electron chi connectivity index (χ4n) is 6.22. The smallest absolute Gasteiger partial charge is 0.349 e. The summed E-state index contributed by atoms with van der Waals surface area (Å²) in [6.45, 7) is 1.11. The number of aliphatic hydroxyl groups is 1. The number of hydrogen-bond acceptors (Lipinski definition) is 5. The molecule has 34 heavy (non-hydrogen) atoms. The van der Waals surface area contributed by atoms with E-state index >= 15 is 0 Å². The molecule has 2 fully saturated rings. The number of fused-ring (bicyclic) bond motifs is 2. The summed E-state index contributed by atoms with van der Waals surface area (Å²) in [5, 5.41) is 15.4. The summed E-state index contributed by atoms with van der Waals surface area (Å²) in [4.78, 5) is 14.8. The van der Waals surface area contributed by atoms with Crippen LogP contribution >= 0.6 is 22.7 Å². The van der Waals surface area contributed by atoms with Crippen LogP contribution in [-0.4, -0.2) is 48.3 Å². The number of rotatable bonds is 9. The van der Waals surface area contributed by atoms with Crippen LogP contribution in [0.4, 0.5) is 0 Å². The van der Waals surface area contributed by atoms with Crippen molar-refractivity contribution >= 4 is 28.6 Å². The Balaban J connectivity index is 1.28. The molecule has 2 aliphatic carbocycles. The van der Waals surface area contributed by atoms with Crippen molar-refractivity contribution in [1.29, 1.82) is 0 Å². The lowest BCUT2D eigenvalue weighted by Crippen LogP contribution is -2.52. The molecule has 3 aromatic rings. The standard InChI is InChI=1S/C28H34NO3S2/c1-29(2,16-6-11-20-9-4-3-5-10-20)23-19-21-14-15-22(23)26(21)32-27(30)28(31,24-12-7-17-33-24)25-13-8-18-34-25/h3-5,7-10,12-13,17-18,21-23,26,31H,6,11,14-16,19H2,1-2H3/q+1/t21-,22+,23+,26?/m1/s1. The molecule has 1 unspecified atom stereocenters. The Kier molecular flexibility index (Phi) is 6.68. The summed E-state index contributed by atoms with van der Waals surface area (Å²) >= 11 is 2.79. The van der Waals surface area contributed by atoms with Crippen molar-refractivity contribution in [2.45, 2.75) is 49.9 Å². The molecule has 0 saturated heterocycles. The van der Waals surface area contributed by atoms with E-state index in [1.165, 1.54) is 28.2 Å². The molecule has 4 atom stereocenters. The van der Waals surface area contributed by atoms with Crippen LogP contribution in [0.3, 0.4) is 0 Å². The minimum atomic E-state index is -1.72. The SMILES string of the molecule is C[N+](C)(CCCc1ccccc1)[C@H]1C[C@H]2CC[C@@H]1C2OC(=O)C(O)(c1cccs1)c1cccs1. The zero-order valence-electron chi connectivity index (χ0n) is 19.9. The first-order chi connectivity index (χ1) is 16.4. The van der Waals surface area contributed by atoms with Gasteiger partial charge in [-0.3, -0.25) is 0 Å². The molecule has 0 aliphatic heterocycles. The molecule has 5 rings (SSSR count). The van der Waals surface area contributed by atoms with E-state index in [2.05, 4.69) is 44.4 Å². The van der Waals surface area contributed by atoms with Gasteiger partial charge in [0.25, 0.3) is 0 Å². The average molecular weight is 497 g/mol. The van der Waals surface area contributed by atoms with Gasteiger partial charge in [0.05, 0.1) is 36.4 Å². The highest BCUT2D eigenvalue weighted by atomic mass is 32.1. The predicted octanol–water partition coefficient (Wildman–Crippen LogP) is 5.47. The van der Waals surface area contributed by atoms with Crippen molar-refractivity contribution in [1.82, 2.24) is 0 Å². The molecular weight excluding hydrogens is 462 g/mol. The van der Waals surface area contributed by atoms with Crippen LogP contribution in [0.2, 0.25) is 0 Å². The lowest BCUT2D eigenvalue weighted by molar-refractivity contribution is -0.918. The quantitative estimate of drug-likeness (QED) is 0.316. The summed E-state index contributed by atoms with van der Waals surface area (Å²) < 4.78 is 7.19. The van der Waals surface area contributed by atoms with E-state index < -0.39 is 11.6 Å². The minimum Gasteiger partial charge on any atom is -0.459 e. The van der Waals surface area contributed by atoms with Crippen molar-refractivity contribution in [3.05, 3.63) is 80.7 Å². The number of carbonyl (C=O) groups is 1. The summed E-state index contributed by atoms with van der Waals surface area (Å²) in [5.74, 6) is 0.229. The highest BCUT2D eigenvalue weighted by Gasteiger charge is 2.57. The normalized spacial score (nSPS) is 24.4. The van der Waals surface area contributed by atoms with E-state index in [-0.39, 0.29) is 6.10 Å². The van der Waals surface area contributed by atoms with Gasteiger partial charge in [-0.1, -0.05) is 42.5 Å². The Morgan fingerprint density at radius 2 is 1.71 bits per heavy atom. The number of thiophene rings is 2. The topological polar surface area (TPSA) is 46.5 Å². The molecule has 2 heterocycles. The van der Waals surface area contributed by atoms with Gasteiger partial charge in [0.2, 0.25) is 5.60 Å². The zero-order chi connectivity index (χ0) is 23.8. The van der Waals surface area contributed by atoms with Crippen molar-refractivity contribution in [2.75, 3.05) is 20.6 Å². The van der Waals surface area contributed by atoms with Crippen molar-refractivity contribution in [3.8, 4) is 0 Å². The fraction of sp³-hybridized carbons (Fsp3) is 0.464. The van der Waals surface area contributed by atoms with Crippen LogP contribution in [0.5, 0.6) is 0 Å². The molecule has 4 nitrogen and oxygen atoms in total. The van der Waals surface area contributed by atoms with Gasteiger partial charge in [-0.15, -0.1) is 22.7 Å². The third-order valence-electron chi connectivity index (χ3n) is 8.03. The van der Waals surface area contributed by atoms with E-state index in [0.717, 1.165) is 43.1 Å². The number of ether oxygens (including phenoxy) is 1. The molecule has 2 bridgehead atoms. The maximum Gasteiger partial charge on any atom is 0.349 e. The number of carbonyl (C=O) groups excluding carboxylic acids is 1. The first kappa shape index (κ1) is 23.7. The van der Waals surface area contributed by atoms with Crippen LogP contribution in [0.25, 0.3) is 0 Å². The Hall–Kier alpha value is -1.99. The van der Waals surface area contributed by atoms with Crippen molar-refractivity contribution in [3.63, 3.8) is 0 Å². The molecule has 0 radical (unpaired) electrons. The van der Waals surface area contributed by atoms with E-state index in [4.69, 9.17) is 4.74 Å². The Bertz CT molecular complexity index is 1040. The maximum atomic E-state index is 13.6. The summed E-state index contributed by atoms with van der Waals surface area (Å²) in [7, 11) is 4.67. The average Bonchev–Trinajstić information content (AvgIpc) is 3.65. The van der Waals surface area contributed by atoms with E-state index in [0.29, 0.717) is 27.6 Å². The van der Waals surface area contributed by atoms with Crippen molar-refractivity contribution in [2.24, 2.45) is 11.8 Å². The van der Waals surface area contributed by atoms with Crippen LogP contribution < -0.4 is 0 Å². The lowest BCUT2D eigenvalue weighted by Gasteiger charge is -2.40. The number of hydrogen-bond donors (Lipinski definition) is 1. The van der Waals surface area contributed by atoms with Crippen LogP contribution in [-0.2, 0) is 21.6 Å². The van der Waals surface area contributed by atoms with Gasteiger partial charge in [0.1, 0.15) is 6.10 Å². The molecule has 6 heteroatoms. The van der Waals surface area contributed by atoms with E-state index in [1.807, 2.05) is 35.0 Å². The number of quaternary nitrogens is 1. The molecule has 2 aliphatic rings. The number of aryl methyl sites for hydroxylation is 1. The van der Waals surface area contributed by atoms with Gasteiger partial charge < -0.3 is 14.3 Å². The van der Waals surface area contributed by atoms with E-state index in [9.17, 15) is 9.90 Å². The molecule has 1 N–H and O–H groups in total. The summed E-state index contributed by atoms with van der Waals surface area (Å²) in [6.07, 6.45) is 5.44. The monoisotopic (exact) mass is 496 g/mol. The van der Waals surface area contributed by atoms with Crippen molar-refractivity contribution < 1.29 is 19.1 Å². The predicted molar refractivity (Wildman–Crippen MR) is 138 cm³/mol. The second-order valence-corrected chi connectivity index (χ2v) is 12.3. The molecular formula is C28H34NO3S2+. The fourth-order valence-corrected chi connectivity index (χ4v) is 7.94. The van der Waals surface area contributed by atoms with Gasteiger partial charge in [0.15, 0.2) is 0 Å². The summed E-state index contributed by atoms with van der Waals surface area (Å²) in [6, 6.07) is 18.6. The Morgan fingerprint density at radius 3 is 2.32 bits per heavy atom. The highest BCUT2D eigenvalue weighted by molar-refractivity contribution is 7.12. The molecule has 0 spiro atoms. The number of esters is 1. The molecule has 0 amide bonds. The van der Waals surface area contributed by atoms with E-state index in [1.54, 1.807) is 0 Å². The Morgan fingerprint density at radius 1 is 1.03 bits per heavy atom. The Labute approximate surface area is 210 Å². The van der Waals surface area contributed by atoms with Gasteiger partial charge in [-0.2, -0.15) is 0 Å². The van der Waals surface area contributed by atoms with Gasteiger partial charge in [-0.25, -0.2) is 4.79 Å². The largest absolute Gasteiger partial charge is 0.459 e. The minimum absolute atomic E-state index is 0.101. The first-order valence-electron chi connectivity index (χ1n) is 12.3. The second-order valence-electron chi connectivity index (χ2n) is 10.4. The lowest BCUT2D eigenvalue weighted by atomic mass is 9.92. The van der Waals surface area contributed by atoms with Crippen LogP contribution in [0.1, 0.15) is 41.0 Å². The molecule has 1 aromatic carbocycles. The molecule has 2 saturated carbocycles. The first-order valence-corrected chi connectivity index (χ1v) is 14.0. The highest BCUT2D eigenvalue weighted by Crippen LogP contribution is 2.50. The number of benzene rings is 1. The molecule has 180 valence electrons. The summed E-state index contributed by atoms with van der Waals surface area (Å²) in [5.41, 5.74) is -0.330. The van der Waals surface area contributed by atoms with Crippen LogP contribution in [0, 0.1) is 11.8 Å². The second kappa shape index (κ2) is 9.57. The third kappa shape index (κ3) is 4.37. The van der Waals surface area contributed by atoms with Gasteiger partial charge in [0, 0.05) is 24.7 Å². The maximum absolute atomic E-state index is 13.6. The van der Waals surface area contributed by atoms with Gasteiger partial charge >= 0.3 is 5.97 Å². The number of nitrogens with zero attached hydrogens (tertiary/aromatic N) is 1. The van der Waals surface area contributed by atoms with Crippen LogP contribution in [0.15, 0.2) is 65.4 Å². The molecule has 2 aromatic heterocycles. The third-order valence-corrected chi connectivity index (χ3v) is 9.99. The van der Waals surface area contributed by atoms with Gasteiger partial charge in [-0.05, 0) is 47.7 Å².